The topological polar surface area (TPSA) is 87.7 Å². The number of esters is 1. The van der Waals surface area contributed by atoms with Crippen molar-refractivity contribution in [1.82, 2.24) is 14.9 Å². The number of piperazine rings is 1. The van der Waals surface area contributed by atoms with E-state index < -0.39 is 0 Å². The van der Waals surface area contributed by atoms with Crippen molar-refractivity contribution in [3.63, 3.8) is 0 Å². The van der Waals surface area contributed by atoms with E-state index in [9.17, 15) is 9.59 Å². The van der Waals surface area contributed by atoms with Gasteiger partial charge in [-0.2, -0.15) is 0 Å². The summed E-state index contributed by atoms with van der Waals surface area (Å²) in [7, 11) is 0. The maximum absolute atomic E-state index is 12.9. The zero-order chi connectivity index (χ0) is 25.7. The van der Waals surface area contributed by atoms with Crippen molar-refractivity contribution in [2.24, 2.45) is 0 Å². The smallest absolute Gasteiger partial charge is 0.338 e. The number of carbonyl (C=O) groups is 2. The summed E-state index contributed by atoms with van der Waals surface area (Å²) in [6, 6.07) is 15.1. The Morgan fingerprint density at radius 2 is 1.58 bits per heavy atom. The van der Waals surface area contributed by atoms with Crippen LogP contribution in [-0.2, 0) is 11.2 Å². The number of aryl methyl sites for hydroxylation is 3. The molecule has 1 N–H and O–H groups in total. The second-order valence-corrected chi connectivity index (χ2v) is 9.02. The van der Waals surface area contributed by atoms with E-state index in [-0.39, 0.29) is 12.0 Å². The molecule has 188 valence electrons. The van der Waals surface area contributed by atoms with Gasteiger partial charge >= 0.3 is 12.0 Å². The molecule has 2 aromatic carbocycles. The van der Waals surface area contributed by atoms with E-state index in [2.05, 4.69) is 46.4 Å². The van der Waals surface area contributed by atoms with E-state index in [1.165, 1.54) is 11.1 Å². The number of urea groups is 1. The van der Waals surface area contributed by atoms with Crippen LogP contribution in [0.4, 0.5) is 16.3 Å². The second-order valence-electron chi connectivity index (χ2n) is 9.02. The van der Waals surface area contributed by atoms with E-state index in [0.717, 1.165) is 29.3 Å². The number of benzene rings is 2. The summed E-state index contributed by atoms with van der Waals surface area (Å²) in [6.07, 6.45) is 0.768. The first-order valence-electron chi connectivity index (χ1n) is 12.3. The average Bonchev–Trinajstić information content (AvgIpc) is 2.87. The van der Waals surface area contributed by atoms with Gasteiger partial charge in [0.25, 0.3) is 0 Å². The molecule has 0 unspecified atom stereocenters. The minimum atomic E-state index is -0.372. The first-order valence-corrected chi connectivity index (χ1v) is 12.3. The third-order valence-corrected chi connectivity index (χ3v) is 6.32. The predicted octanol–water partition coefficient (Wildman–Crippen LogP) is 4.52. The van der Waals surface area contributed by atoms with Gasteiger partial charge in [0.1, 0.15) is 11.6 Å². The van der Waals surface area contributed by atoms with Crippen molar-refractivity contribution in [2.75, 3.05) is 43.0 Å². The molecule has 2 heterocycles. The maximum Gasteiger partial charge on any atom is 0.338 e. The van der Waals surface area contributed by atoms with Crippen molar-refractivity contribution in [1.29, 1.82) is 0 Å². The van der Waals surface area contributed by atoms with E-state index >= 15 is 0 Å². The fourth-order valence-electron chi connectivity index (χ4n) is 4.32. The van der Waals surface area contributed by atoms with Gasteiger partial charge in [-0.25, -0.2) is 19.6 Å². The quantitative estimate of drug-likeness (QED) is 0.514. The van der Waals surface area contributed by atoms with Gasteiger partial charge in [-0.05, 0) is 57.5 Å². The van der Waals surface area contributed by atoms with Crippen LogP contribution in [0, 0.1) is 20.8 Å². The molecule has 2 amide bonds. The third kappa shape index (κ3) is 6.00. The summed E-state index contributed by atoms with van der Waals surface area (Å²) in [5, 5.41) is 2.92. The van der Waals surface area contributed by atoms with Gasteiger partial charge in [-0.15, -0.1) is 0 Å². The van der Waals surface area contributed by atoms with Gasteiger partial charge in [-0.3, -0.25) is 0 Å². The van der Waals surface area contributed by atoms with Crippen LogP contribution >= 0.6 is 0 Å². The number of hydrogen-bond acceptors (Lipinski definition) is 6. The highest BCUT2D eigenvalue weighted by Crippen LogP contribution is 2.25. The average molecular weight is 488 g/mol. The summed E-state index contributed by atoms with van der Waals surface area (Å²) in [5.74, 6) is 1.33. The summed E-state index contributed by atoms with van der Waals surface area (Å²) >= 11 is 0. The highest BCUT2D eigenvalue weighted by atomic mass is 16.5. The molecule has 1 fully saturated rings. The van der Waals surface area contributed by atoms with Crippen molar-refractivity contribution in [2.45, 2.75) is 34.1 Å². The molecular weight excluding hydrogens is 454 g/mol. The lowest BCUT2D eigenvalue weighted by molar-refractivity contribution is 0.0526. The predicted molar refractivity (Wildman–Crippen MR) is 141 cm³/mol. The highest BCUT2D eigenvalue weighted by Gasteiger charge is 2.25. The zero-order valence-electron chi connectivity index (χ0n) is 21.4. The maximum atomic E-state index is 12.9. The van der Waals surface area contributed by atoms with Crippen LogP contribution in [-0.4, -0.2) is 59.7 Å². The minimum Gasteiger partial charge on any atom is -0.462 e. The summed E-state index contributed by atoms with van der Waals surface area (Å²) < 4.78 is 5.00. The number of anilines is 2. The molecule has 0 saturated carbocycles. The molecule has 8 heteroatoms. The zero-order valence-corrected chi connectivity index (χ0v) is 21.4. The third-order valence-electron chi connectivity index (χ3n) is 6.32. The Hall–Kier alpha value is -3.94. The van der Waals surface area contributed by atoms with E-state index in [0.29, 0.717) is 44.0 Å². The molecule has 0 atom stereocenters. The Bertz CT molecular complexity index is 1220. The van der Waals surface area contributed by atoms with Gasteiger partial charge in [0, 0.05) is 49.5 Å². The Morgan fingerprint density at radius 1 is 0.917 bits per heavy atom. The highest BCUT2D eigenvalue weighted by molar-refractivity contribution is 5.92. The molecule has 4 rings (SSSR count). The van der Waals surface area contributed by atoms with Crippen molar-refractivity contribution in [3.8, 4) is 0 Å². The Kier molecular flexibility index (Phi) is 7.83. The fraction of sp³-hybridized carbons (Fsp3) is 0.357. The van der Waals surface area contributed by atoms with Crippen molar-refractivity contribution >= 4 is 23.5 Å². The number of rotatable bonds is 6. The molecule has 36 heavy (non-hydrogen) atoms. The monoisotopic (exact) mass is 487 g/mol. The van der Waals surface area contributed by atoms with Gasteiger partial charge in [-0.1, -0.05) is 29.8 Å². The molecule has 8 nitrogen and oxygen atoms in total. The second kappa shape index (κ2) is 11.2. The number of carbonyl (C=O) groups excluding carboxylic acids is 2. The molecule has 0 bridgehead atoms. The van der Waals surface area contributed by atoms with Crippen molar-refractivity contribution in [3.05, 3.63) is 82.3 Å². The van der Waals surface area contributed by atoms with Crippen LogP contribution < -0.4 is 10.2 Å². The number of amides is 2. The molecule has 1 aromatic heterocycles. The lowest BCUT2D eigenvalue weighted by atomic mass is 10.0. The molecule has 0 spiro atoms. The van der Waals surface area contributed by atoms with Crippen LogP contribution in [0.2, 0.25) is 0 Å². The molecule has 3 aromatic rings. The van der Waals surface area contributed by atoms with Gasteiger partial charge < -0.3 is 19.9 Å². The standard InChI is InChI=1S/C28H33N5O3/c1-5-36-27(34)23-10-12-24(13-11-23)31-28(35)33-16-14-32(15-17-33)26-25(20(3)29-21(4)30-26)18-22-8-6-19(2)7-9-22/h6-13H,5,14-18H2,1-4H3,(H,31,35). The van der Waals surface area contributed by atoms with E-state index in [4.69, 9.17) is 9.72 Å². The Balaban J connectivity index is 1.40. The van der Waals surface area contributed by atoms with E-state index in [1.807, 2.05) is 13.8 Å². The van der Waals surface area contributed by atoms with Gasteiger partial charge in [0.05, 0.1) is 12.2 Å². The molecule has 0 aliphatic carbocycles. The molecular formula is C28H33N5O3. The first kappa shape index (κ1) is 25.2. The summed E-state index contributed by atoms with van der Waals surface area (Å²) in [4.78, 5) is 38.2. The minimum absolute atomic E-state index is 0.159. The van der Waals surface area contributed by atoms with Crippen molar-refractivity contribution < 1.29 is 14.3 Å². The lowest BCUT2D eigenvalue weighted by Gasteiger charge is -2.36. The van der Waals surface area contributed by atoms with Crippen LogP contribution in [0.15, 0.2) is 48.5 Å². The van der Waals surface area contributed by atoms with Crippen LogP contribution in [0.5, 0.6) is 0 Å². The van der Waals surface area contributed by atoms with E-state index in [1.54, 1.807) is 36.1 Å². The normalized spacial score (nSPS) is 13.4. The number of nitrogens with one attached hydrogen (secondary N) is 1. The van der Waals surface area contributed by atoms with Crippen LogP contribution in [0.1, 0.15) is 45.5 Å². The van der Waals surface area contributed by atoms with Gasteiger partial charge in [0.15, 0.2) is 0 Å². The number of nitrogens with zero attached hydrogens (tertiary/aromatic N) is 4. The summed E-state index contributed by atoms with van der Waals surface area (Å²) in [6.45, 7) is 10.7. The molecule has 0 radical (unpaired) electrons. The Labute approximate surface area is 212 Å². The number of hydrogen-bond donors (Lipinski definition) is 1. The molecule has 1 aliphatic heterocycles. The molecule has 1 aliphatic rings. The Morgan fingerprint density at radius 3 is 2.22 bits per heavy atom. The first-order chi connectivity index (χ1) is 17.3. The number of ether oxygens (including phenoxy) is 1. The number of aromatic nitrogens is 2. The molecule has 1 saturated heterocycles. The van der Waals surface area contributed by atoms with Crippen LogP contribution in [0.3, 0.4) is 0 Å². The van der Waals surface area contributed by atoms with Gasteiger partial charge in [0.2, 0.25) is 0 Å². The largest absolute Gasteiger partial charge is 0.462 e. The summed E-state index contributed by atoms with van der Waals surface area (Å²) in [5.41, 5.74) is 5.68. The van der Waals surface area contributed by atoms with Crippen LogP contribution in [0.25, 0.3) is 0 Å². The SMILES string of the molecule is CCOC(=O)c1ccc(NC(=O)N2CCN(c3nc(C)nc(C)c3Cc3ccc(C)cc3)CC2)cc1. The fourth-order valence-corrected chi connectivity index (χ4v) is 4.32. The lowest BCUT2D eigenvalue weighted by Crippen LogP contribution is -2.50.